The summed E-state index contributed by atoms with van der Waals surface area (Å²) in [6, 6.07) is 13.0. The van der Waals surface area contributed by atoms with E-state index in [9.17, 15) is 0 Å². The highest BCUT2D eigenvalue weighted by Crippen LogP contribution is 2.28. The van der Waals surface area contributed by atoms with Crippen molar-refractivity contribution in [3.63, 3.8) is 0 Å². The third-order valence-electron chi connectivity index (χ3n) is 3.62. The molecule has 0 amide bonds. The molecule has 0 aromatic heterocycles. The fourth-order valence-electron chi connectivity index (χ4n) is 2.36. The second kappa shape index (κ2) is 6.75. The first-order chi connectivity index (χ1) is 9.51. The monoisotopic (exact) mass is 351 g/mol. The zero-order valence-electron chi connectivity index (χ0n) is 12.0. The lowest BCUT2D eigenvalue weighted by molar-refractivity contribution is 0.590. The van der Waals surface area contributed by atoms with Gasteiger partial charge in [0.25, 0.3) is 0 Å². The number of benzene rings is 2. The molecule has 0 spiro atoms. The summed E-state index contributed by atoms with van der Waals surface area (Å²) in [6.45, 7) is 4.30. The van der Waals surface area contributed by atoms with E-state index in [2.05, 4.69) is 65.4 Å². The maximum Gasteiger partial charge on any atom is 0.0548 e. The van der Waals surface area contributed by atoms with Crippen molar-refractivity contribution >= 4 is 27.5 Å². The zero-order valence-corrected chi connectivity index (χ0v) is 14.3. The Morgan fingerprint density at radius 1 is 1.15 bits per heavy atom. The third kappa shape index (κ3) is 3.63. The van der Waals surface area contributed by atoms with Gasteiger partial charge in [-0.1, -0.05) is 41.4 Å². The van der Waals surface area contributed by atoms with E-state index in [0.29, 0.717) is 0 Å². The van der Waals surface area contributed by atoms with Gasteiger partial charge in [0.05, 0.1) is 5.02 Å². The molecule has 0 saturated carbocycles. The van der Waals surface area contributed by atoms with Crippen molar-refractivity contribution in [1.82, 2.24) is 5.32 Å². The molecule has 1 unspecified atom stereocenters. The molecule has 1 atom stereocenters. The van der Waals surface area contributed by atoms with E-state index in [1.807, 2.05) is 13.1 Å². The topological polar surface area (TPSA) is 12.0 Å². The Bertz CT molecular complexity index is 610. The number of halogens is 2. The van der Waals surface area contributed by atoms with Gasteiger partial charge in [0.2, 0.25) is 0 Å². The van der Waals surface area contributed by atoms with Crippen molar-refractivity contribution in [2.24, 2.45) is 0 Å². The maximum atomic E-state index is 6.07. The molecule has 2 aromatic carbocycles. The summed E-state index contributed by atoms with van der Waals surface area (Å²) in [4.78, 5) is 0. The fourth-order valence-corrected chi connectivity index (χ4v) is 2.87. The molecule has 106 valence electrons. The summed E-state index contributed by atoms with van der Waals surface area (Å²) >= 11 is 9.56. The van der Waals surface area contributed by atoms with Crippen LogP contribution in [-0.2, 0) is 6.42 Å². The van der Waals surface area contributed by atoms with Crippen LogP contribution < -0.4 is 5.32 Å². The van der Waals surface area contributed by atoms with Crippen LogP contribution in [0, 0.1) is 13.8 Å². The smallest absolute Gasteiger partial charge is 0.0548 e. The Hall–Kier alpha value is -0.830. The van der Waals surface area contributed by atoms with Crippen LogP contribution in [0.3, 0.4) is 0 Å². The molecular weight excluding hydrogens is 334 g/mol. The van der Waals surface area contributed by atoms with Gasteiger partial charge in [0, 0.05) is 10.5 Å². The molecule has 0 fully saturated rings. The molecule has 0 aliphatic rings. The first-order valence-corrected chi connectivity index (χ1v) is 7.86. The quantitative estimate of drug-likeness (QED) is 0.795. The van der Waals surface area contributed by atoms with Crippen LogP contribution in [0.15, 0.2) is 40.9 Å². The summed E-state index contributed by atoms with van der Waals surface area (Å²) in [5.41, 5.74) is 5.27. The normalized spacial score (nSPS) is 12.4. The Morgan fingerprint density at radius 3 is 2.55 bits per heavy atom. The van der Waals surface area contributed by atoms with Crippen molar-refractivity contribution in [2.45, 2.75) is 26.3 Å². The molecule has 1 nitrogen and oxygen atoms in total. The second-order valence-electron chi connectivity index (χ2n) is 5.15. The van der Waals surface area contributed by atoms with Crippen LogP contribution in [0.5, 0.6) is 0 Å². The van der Waals surface area contributed by atoms with Gasteiger partial charge in [-0.05, 0) is 72.1 Å². The highest BCUT2D eigenvalue weighted by molar-refractivity contribution is 9.10. The molecule has 0 aliphatic heterocycles. The molecule has 0 saturated heterocycles. The Balaban J connectivity index is 2.28. The average molecular weight is 353 g/mol. The van der Waals surface area contributed by atoms with Gasteiger partial charge < -0.3 is 5.32 Å². The van der Waals surface area contributed by atoms with Crippen molar-refractivity contribution in [3.05, 3.63) is 68.1 Å². The summed E-state index contributed by atoms with van der Waals surface area (Å²) in [5.74, 6) is 0. The van der Waals surface area contributed by atoms with E-state index in [4.69, 9.17) is 11.6 Å². The number of nitrogens with one attached hydrogen (secondary N) is 1. The highest BCUT2D eigenvalue weighted by Gasteiger charge is 2.13. The van der Waals surface area contributed by atoms with Gasteiger partial charge in [-0.25, -0.2) is 0 Å². The number of aryl methyl sites for hydroxylation is 2. The molecule has 20 heavy (non-hydrogen) atoms. The molecule has 2 aromatic rings. The molecule has 0 heterocycles. The molecule has 2 rings (SSSR count). The maximum absolute atomic E-state index is 6.07. The first-order valence-electron chi connectivity index (χ1n) is 6.69. The van der Waals surface area contributed by atoms with Crippen LogP contribution in [0.1, 0.15) is 28.3 Å². The van der Waals surface area contributed by atoms with E-state index < -0.39 is 0 Å². The van der Waals surface area contributed by atoms with Crippen LogP contribution in [0.4, 0.5) is 0 Å². The number of rotatable bonds is 4. The van der Waals surface area contributed by atoms with Gasteiger partial charge in [-0.2, -0.15) is 0 Å². The van der Waals surface area contributed by atoms with Crippen molar-refractivity contribution in [1.29, 1.82) is 0 Å². The summed E-state index contributed by atoms with van der Waals surface area (Å²) in [7, 11) is 2.00. The Morgan fingerprint density at radius 2 is 1.90 bits per heavy atom. The number of likely N-dealkylation sites (N-methyl/N-ethyl adjacent to an activating group) is 1. The minimum Gasteiger partial charge on any atom is -0.313 e. The van der Waals surface area contributed by atoms with Gasteiger partial charge in [0.1, 0.15) is 0 Å². The zero-order chi connectivity index (χ0) is 14.7. The predicted molar refractivity (Wildman–Crippen MR) is 90.6 cm³/mol. The van der Waals surface area contributed by atoms with E-state index in [1.54, 1.807) is 0 Å². The number of hydrogen-bond donors (Lipinski definition) is 1. The van der Waals surface area contributed by atoms with Crippen molar-refractivity contribution in [2.75, 3.05) is 7.05 Å². The average Bonchev–Trinajstić information content (AvgIpc) is 2.43. The number of hydrogen-bond acceptors (Lipinski definition) is 1. The molecule has 3 heteroatoms. The van der Waals surface area contributed by atoms with Crippen molar-refractivity contribution < 1.29 is 0 Å². The first kappa shape index (κ1) is 15.6. The summed E-state index contributed by atoms with van der Waals surface area (Å²) in [5, 5.41) is 4.14. The highest BCUT2D eigenvalue weighted by atomic mass is 79.9. The lowest BCUT2D eigenvalue weighted by atomic mass is 9.95. The minimum absolute atomic E-state index is 0.282. The van der Waals surface area contributed by atoms with E-state index >= 15 is 0 Å². The summed E-state index contributed by atoms with van der Waals surface area (Å²) < 4.78 is 0.942. The van der Waals surface area contributed by atoms with Gasteiger partial charge in [-0.3, -0.25) is 0 Å². The molecular formula is C17H19BrClN. The van der Waals surface area contributed by atoms with E-state index in [1.165, 1.54) is 22.3 Å². The van der Waals surface area contributed by atoms with Crippen LogP contribution in [-0.4, -0.2) is 7.05 Å². The van der Waals surface area contributed by atoms with Gasteiger partial charge >= 0.3 is 0 Å². The van der Waals surface area contributed by atoms with Gasteiger partial charge in [-0.15, -0.1) is 0 Å². The largest absolute Gasteiger partial charge is 0.313 e. The van der Waals surface area contributed by atoms with E-state index in [-0.39, 0.29) is 6.04 Å². The SMILES string of the molecule is CNC(Cc1cc(C)ccc1C)c1ccc(Cl)c(Br)c1. The lowest BCUT2D eigenvalue weighted by Crippen LogP contribution is -2.19. The Labute approximate surface area is 134 Å². The third-order valence-corrected chi connectivity index (χ3v) is 4.84. The second-order valence-corrected chi connectivity index (χ2v) is 6.41. The molecule has 0 bridgehead atoms. The fraction of sp³-hybridized carbons (Fsp3) is 0.294. The van der Waals surface area contributed by atoms with Crippen LogP contribution in [0.25, 0.3) is 0 Å². The van der Waals surface area contributed by atoms with Gasteiger partial charge in [0.15, 0.2) is 0 Å². The predicted octanol–water partition coefficient (Wildman–Crippen LogP) is 5.22. The van der Waals surface area contributed by atoms with Crippen LogP contribution in [0.2, 0.25) is 5.02 Å². The summed E-state index contributed by atoms with van der Waals surface area (Å²) in [6.07, 6.45) is 0.970. The Kier molecular flexibility index (Phi) is 5.25. The standard InChI is InChI=1S/C17H19BrClN/c1-11-4-5-12(2)14(8-11)10-17(20-3)13-6-7-16(19)15(18)9-13/h4-9,17,20H,10H2,1-3H3. The van der Waals surface area contributed by atoms with E-state index in [0.717, 1.165) is 15.9 Å². The van der Waals surface area contributed by atoms with Crippen molar-refractivity contribution in [3.8, 4) is 0 Å². The van der Waals surface area contributed by atoms with Crippen LogP contribution >= 0.6 is 27.5 Å². The minimum atomic E-state index is 0.282. The molecule has 0 aliphatic carbocycles. The molecule has 0 radical (unpaired) electrons. The lowest BCUT2D eigenvalue weighted by Gasteiger charge is -2.19. The molecule has 1 N–H and O–H groups in total.